The number of tetrazole rings is 1. The van der Waals surface area contributed by atoms with Gasteiger partial charge < -0.3 is 24.3 Å². The van der Waals surface area contributed by atoms with Gasteiger partial charge in [-0.1, -0.05) is 0 Å². The fourth-order valence-electron chi connectivity index (χ4n) is 5.18. The predicted molar refractivity (Wildman–Crippen MR) is 128 cm³/mol. The van der Waals surface area contributed by atoms with Gasteiger partial charge in [-0.25, -0.2) is 0 Å². The van der Waals surface area contributed by atoms with Crippen LogP contribution in [0.3, 0.4) is 0 Å². The number of amides is 1. The molecule has 36 heavy (non-hydrogen) atoms. The molecule has 6 rings (SSSR count). The molecule has 1 amide bonds. The van der Waals surface area contributed by atoms with Crippen LogP contribution in [0.15, 0.2) is 30.3 Å². The topological polar surface area (TPSA) is 113 Å². The lowest BCUT2D eigenvalue weighted by molar-refractivity contribution is 0.0858. The molecule has 2 aromatic carbocycles. The third-order valence-electron chi connectivity index (χ3n) is 7.02. The summed E-state index contributed by atoms with van der Waals surface area (Å²) in [6, 6.07) is 9.02. The molecule has 3 aliphatic heterocycles. The summed E-state index contributed by atoms with van der Waals surface area (Å²) in [7, 11) is 3.67. The number of aromatic nitrogens is 4. The molecule has 0 bridgehead atoms. The molecular formula is C25H28N6O5. The summed E-state index contributed by atoms with van der Waals surface area (Å²) in [4.78, 5) is 14.8. The van der Waals surface area contributed by atoms with E-state index in [1.807, 2.05) is 25.2 Å². The van der Waals surface area contributed by atoms with Gasteiger partial charge in [0.25, 0.3) is 5.91 Å². The second kappa shape index (κ2) is 9.40. The van der Waals surface area contributed by atoms with Gasteiger partial charge in [0.2, 0.25) is 12.5 Å². The Labute approximate surface area is 208 Å². The van der Waals surface area contributed by atoms with E-state index in [0.717, 1.165) is 49.2 Å². The lowest BCUT2D eigenvalue weighted by Crippen LogP contribution is -2.35. The number of methoxy groups -OCH3 is 1. The largest absolute Gasteiger partial charge is 0.492 e. The van der Waals surface area contributed by atoms with Crippen LogP contribution in [0.1, 0.15) is 46.2 Å². The fraction of sp³-hybridized carbons (Fsp3) is 0.440. The number of likely N-dealkylation sites (N-methyl/N-ethyl adjacent to an activating group) is 1. The van der Waals surface area contributed by atoms with Crippen LogP contribution in [-0.2, 0) is 11.2 Å². The lowest BCUT2D eigenvalue weighted by Gasteiger charge is -2.34. The van der Waals surface area contributed by atoms with Gasteiger partial charge >= 0.3 is 0 Å². The molecule has 3 aromatic rings. The summed E-state index contributed by atoms with van der Waals surface area (Å²) in [5, 5.41) is 15.6. The summed E-state index contributed by atoms with van der Waals surface area (Å²) in [6.07, 6.45) is 2.96. The number of nitrogens with zero attached hydrogens (tertiary/aromatic N) is 5. The van der Waals surface area contributed by atoms with E-state index < -0.39 is 0 Å². The van der Waals surface area contributed by atoms with E-state index in [1.54, 1.807) is 23.9 Å². The Balaban J connectivity index is 1.30. The fourth-order valence-corrected chi connectivity index (χ4v) is 5.18. The number of carbonyl (C=O) groups excluding carboxylic acids is 1. The van der Waals surface area contributed by atoms with E-state index in [4.69, 9.17) is 18.9 Å². The number of hydrogen-bond acceptors (Lipinski definition) is 9. The summed E-state index contributed by atoms with van der Waals surface area (Å²) in [6.45, 7) is 2.27. The molecule has 4 heterocycles. The zero-order chi connectivity index (χ0) is 24.6. The minimum Gasteiger partial charge on any atom is -0.492 e. The highest BCUT2D eigenvalue weighted by Crippen LogP contribution is 2.50. The Bertz CT molecular complexity index is 1270. The van der Waals surface area contributed by atoms with Crippen LogP contribution in [-0.4, -0.2) is 77.8 Å². The Morgan fingerprint density at radius 1 is 1.25 bits per heavy atom. The van der Waals surface area contributed by atoms with E-state index in [9.17, 15) is 4.79 Å². The van der Waals surface area contributed by atoms with Gasteiger partial charge in [0.1, 0.15) is 6.04 Å². The van der Waals surface area contributed by atoms with Crippen LogP contribution in [0.25, 0.3) is 5.69 Å². The number of ether oxygens (including phenoxy) is 4. The van der Waals surface area contributed by atoms with Crippen molar-refractivity contribution in [2.75, 3.05) is 40.6 Å². The molecule has 3 aliphatic rings. The quantitative estimate of drug-likeness (QED) is 0.551. The van der Waals surface area contributed by atoms with Gasteiger partial charge in [0.15, 0.2) is 17.3 Å². The molecule has 1 aromatic heterocycles. The van der Waals surface area contributed by atoms with E-state index in [2.05, 4.69) is 25.7 Å². The second-order valence-corrected chi connectivity index (χ2v) is 9.19. The first-order valence-corrected chi connectivity index (χ1v) is 12.1. The average Bonchev–Trinajstić information content (AvgIpc) is 3.68. The van der Waals surface area contributed by atoms with E-state index in [0.29, 0.717) is 35.2 Å². The summed E-state index contributed by atoms with van der Waals surface area (Å²) < 4.78 is 24.5. The maximum absolute atomic E-state index is 12.6. The van der Waals surface area contributed by atoms with Gasteiger partial charge in [-0.2, -0.15) is 4.68 Å². The van der Waals surface area contributed by atoms with E-state index >= 15 is 0 Å². The van der Waals surface area contributed by atoms with E-state index in [1.165, 1.54) is 0 Å². The molecule has 0 unspecified atom stereocenters. The molecule has 2 atom stereocenters. The first-order valence-electron chi connectivity index (χ1n) is 12.1. The molecule has 0 saturated carbocycles. The molecular weight excluding hydrogens is 464 g/mol. The van der Waals surface area contributed by atoms with Crippen molar-refractivity contribution in [3.63, 3.8) is 0 Å². The molecule has 0 radical (unpaired) electrons. The number of fused-ring (bicyclic) bond motifs is 2. The van der Waals surface area contributed by atoms with Crippen LogP contribution < -0.4 is 19.5 Å². The highest BCUT2D eigenvalue weighted by Gasteiger charge is 2.37. The second-order valence-electron chi connectivity index (χ2n) is 9.19. The van der Waals surface area contributed by atoms with Gasteiger partial charge in [-0.15, -0.1) is 5.10 Å². The molecule has 0 aliphatic carbocycles. The normalized spacial score (nSPS) is 20.8. The predicted octanol–water partition coefficient (Wildman–Crippen LogP) is 1.89. The van der Waals surface area contributed by atoms with Crippen LogP contribution in [0.4, 0.5) is 0 Å². The van der Waals surface area contributed by atoms with Crippen LogP contribution in [0.2, 0.25) is 0 Å². The molecule has 0 spiro atoms. The highest BCUT2D eigenvalue weighted by molar-refractivity contribution is 5.94. The minimum atomic E-state index is -0.261. The average molecular weight is 493 g/mol. The number of nitrogens with one attached hydrogen (secondary N) is 1. The van der Waals surface area contributed by atoms with Gasteiger partial charge in [-0.05, 0) is 72.6 Å². The molecule has 1 N–H and O–H groups in total. The molecule has 1 saturated heterocycles. The molecule has 1 fully saturated rings. The zero-order valence-electron chi connectivity index (χ0n) is 20.3. The number of carbonyl (C=O) groups is 1. The van der Waals surface area contributed by atoms with Gasteiger partial charge in [-0.3, -0.25) is 9.69 Å². The Kier molecular flexibility index (Phi) is 5.94. The Morgan fingerprint density at radius 2 is 2.11 bits per heavy atom. The maximum Gasteiger partial charge on any atom is 0.251 e. The van der Waals surface area contributed by atoms with Crippen molar-refractivity contribution in [2.45, 2.75) is 31.4 Å². The SMILES string of the molecule is COc1c2c(cc3c1[C@H](c1nnnn1-c1ccc(C(=O)NC[C@@H]4CCCO4)cc1)N(C)CC3)OCO2. The number of rotatable bonds is 6. The third kappa shape index (κ3) is 3.94. The van der Waals surface area contributed by atoms with Gasteiger partial charge in [0, 0.05) is 30.8 Å². The molecule has 11 nitrogen and oxygen atoms in total. The van der Waals surface area contributed by atoms with Crippen LogP contribution in [0.5, 0.6) is 17.2 Å². The Morgan fingerprint density at radius 3 is 2.89 bits per heavy atom. The van der Waals surface area contributed by atoms with Crippen molar-refractivity contribution in [3.8, 4) is 22.9 Å². The van der Waals surface area contributed by atoms with Crippen LogP contribution >= 0.6 is 0 Å². The lowest BCUT2D eigenvalue weighted by atomic mass is 9.90. The van der Waals surface area contributed by atoms with Crippen LogP contribution in [0, 0.1) is 0 Å². The molecule has 188 valence electrons. The summed E-state index contributed by atoms with van der Waals surface area (Å²) in [5.74, 6) is 2.46. The van der Waals surface area contributed by atoms with Crippen molar-refractivity contribution in [2.24, 2.45) is 0 Å². The van der Waals surface area contributed by atoms with Crippen molar-refractivity contribution in [1.82, 2.24) is 30.4 Å². The summed E-state index contributed by atoms with van der Waals surface area (Å²) >= 11 is 0. The Hall–Kier alpha value is -3.70. The first-order chi connectivity index (χ1) is 17.6. The maximum atomic E-state index is 12.6. The standard InChI is InChI=1S/C25H28N6O5/c1-30-10-9-16-12-19-22(36-14-35-19)23(33-2)20(16)21(30)24-27-28-29-31(24)17-7-5-15(6-8-17)25(32)26-13-18-4-3-11-34-18/h5-8,12,18,21H,3-4,9-11,13-14H2,1-2H3,(H,26,32)/t18-,21+/m0/s1. The zero-order valence-corrected chi connectivity index (χ0v) is 20.3. The smallest absolute Gasteiger partial charge is 0.251 e. The monoisotopic (exact) mass is 492 g/mol. The van der Waals surface area contributed by atoms with Crippen molar-refractivity contribution < 1.29 is 23.7 Å². The number of hydrogen-bond donors (Lipinski definition) is 1. The summed E-state index contributed by atoms with van der Waals surface area (Å²) in [5.41, 5.74) is 3.41. The first kappa shape index (κ1) is 22.7. The minimum absolute atomic E-state index is 0.0996. The van der Waals surface area contributed by atoms with Crippen molar-refractivity contribution in [1.29, 1.82) is 0 Å². The van der Waals surface area contributed by atoms with E-state index in [-0.39, 0.29) is 24.8 Å². The third-order valence-corrected chi connectivity index (χ3v) is 7.02. The number of benzene rings is 2. The molecule has 11 heteroatoms. The highest BCUT2D eigenvalue weighted by atomic mass is 16.7. The van der Waals surface area contributed by atoms with Gasteiger partial charge in [0.05, 0.1) is 18.9 Å². The van der Waals surface area contributed by atoms with Crippen molar-refractivity contribution in [3.05, 3.63) is 52.8 Å². The van der Waals surface area contributed by atoms with Crippen molar-refractivity contribution >= 4 is 5.91 Å².